The summed E-state index contributed by atoms with van der Waals surface area (Å²) < 4.78 is 11.1. The lowest BCUT2D eigenvalue weighted by atomic mass is 9.89. The van der Waals surface area contributed by atoms with Gasteiger partial charge in [0.15, 0.2) is 11.5 Å². The third kappa shape index (κ3) is 3.31. The number of carboxylic acid groups (broad SMARTS) is 1. The first-order chi connectivity index (χ1) is 11.0. The molecule has 120 valence electrons. The molecule has 0 fully saturated rings. The van der Waals surface area contributed by atoms with Gasteiger partial charge in [0, 0.05) is 0 Å². The van der Waals surface area contributed by atoms with Gasteiger partial charge < -0.3 is 14.6 Å². The van der Waals surface area contributed by atoms with Crippen LogP contribution in [0, 0.1) is 13.8 Å². The normalized spacial score (nSPS) is 14.3. The number of benzene rings is 2. The molecule has 4 heteroatoms. The number of aryl methyl sites for hydroxylation is 2. The van der Waals surface area contributed by atoms with Crippen molar-refractivity contribution in [1.82, 2.24) is 0 Å². The summed E-state index contributed by atoms with van der Waals surface area (Å²) >= 11 is 0. The Morgan fingerprint density at radius 2 is 1.83 bits per heavy atom. The summed E-state index contributed by atoms with van der Waals surface area (Å²) in [6.07, 6.45) is 0.461. The molecule has 1 aliphatic rings. The van der Waals surface area contributed by atoms with E-state index < -0.39 is 11.9 Å². The van der Waals surface area contributed by atoms with Crippen LogP contribution in [0.3, 0.4) is 0 Å². The summed E-state index contributed by atoms with van der Waals surface area (Å²) in [4.78, 5) is 11.8. The number of carbonyl (C=O) groups is 1. The zero-order chi connectivity index (χ0) is 16.4. The molecule has 23 heavy (non-hydrogen) atoms. The van der Waals surface area contributed by atoms with Gasteiger partial charge in [0.05, 0.1) is 5.92 Å². The number of aliphatic carboxylic acids is 1. The fraction of sp³-hybridized carbons (Fsp3) is 0.316. The van der Waals surface area contributed by atoms with Crippen molar-refractivity contribution in [2.24, 2.45) is 0 Å². The molecule has 0 amide bonds. The first kappa shape index (κ1) is 15.4. The fourth-order valence-corrected chi connectivity index (χ4v) is 2.86. The molecule has 2 aromatic rings. The van der Waals surface area contributed by atoms with E-state index in [-0.39, 0.29) is 0 Å². The summed E-state index contributed by atoms with van der Waals surface area (Å²) in [7, 11) is 0. The van der Waals surface area contributed by atoms with Crippen LogP contribution in [0.2, 0.25) is 0 Å². The van der Waals surface area contributed by atoms with Crippen LogP contribution >= 0.6 is 0 Å². The van der Waals surface area contributed by atoms with Crippen LogP contribution in [-0.2, 0) is 11.2 Å². The Bertz CT molecular complexity index is 736. The molecule has 0 spiro atoms. The van der Waals surface area contributed by atoms with Gasteiger partial charge in [-0.3, -0.25) is 4.79 Å². The highest BCUT2D eigenvalue weighted by Gasteiger charge is 2.23. The first-order valence-corrected chi connectivity index (χ1v) is 7.73. The second-order valence-corrected chi connectivity index (χ2v) is 5.93. The lowest BCUT2D eigenvalue weighted by Gasteiger charge is -2.21. The van der Waals surface area contributed by atoms with E-state index in [0.29, 0.717) is 31.1 Å². The monoisotopic (exact) mass is 312 g/mol. The third-order valence-electron chi connectivity index (χ3n) is 4.20. The number of hydrogen-bond donors (Lipinski definition) is 1. The second-order valence-electron chi connectivity index (χ2n) is 5.93. The van der Waals surface area contributed by atoms with E-state index in [2.05, 4.69) is 6.07 Å². The first-order valence-electron chi connectivity index (χ1n) is 7.73. The number of carboxylic acids is 1. The molecule has 1 heterocycles. The number of rotatable bonds is 4. The minimum Gasteiger partial charge on any atom is -0.486 e. The quantitative estimate of drug-likeness (QED) is 0.939. The molecule has 1 aliphatic heterocycles. The number of hydrogen-bond acceptors (Lipinski definition) is 3. The molecule has 0 bridgehead atoms. The van der Waals surface area contributed by atoms with E-state index in [9.17, 15) is 9.90 Å². The van der Waals surface area contributed by atoms with Crippen molar-refractivity contribution < 1.29 is 19.4 Å². The van der Waals surface area contributed by atoms with Crippen LogP contribution in [-0.4, -0.2) is 24.3 Å². The Hall–Kier alpha value is -2.49. The number of ether oxygens (including phenoxy) is 2. The predicted octanol–water partition coefficient (Wildman–Crippen LogP) is 3.49. The standard InChI is InChI=1S/C19H20O4/c1-12-3-4-13(2)15(9-12)10-16(19(20)21)14-5-6-17-18(11-14)23-8-7-22-17/h3-6,9,11,16H,7-8,10H2,1-2H3,(H,20,21). The molecule has 0 saturated carbocycles. The van der Waals surface area contributed by atoms with Crippen molar-refractivity contribution >= 4 is 5.97 Å². The third-order valence-corrected chi connectivity index (χ3v) is 4.20. The Morgan fingerprint density at radius 1 is 1.09 bits per heavy atom. The van der Waals surface area contributed by atoms with Gasteiger partial charge in [-0.25, -0.2) is 0 Å². The van der Waals surface area contributed by atoms with E-state index in [4.69, 9.17) is 9.47 Å². The van der Waals surface area contributed by atoms with E-state index in [0.717, 1.165) is 22.3 Å². The fourth-order valence-electron chi connectivity index (χ4n) is 2.86. The van der Waals surface area contributed by atoms with Gasteiger partial charge >= 0.3 is 5.97 Å². The van der Waals surface area contributed by atoms with Gasteiger partial charge in [-0.1, -0.05) is 29.8 Å². The van der Waals surface area contributed by atoms with E-state index in [1.807, 2.05) is 32.0 Å². The van der Waals surface area contributed by atoms with E-state index in [1.54, 1.807) is 12.1 Å². The lowest BCUT2D eigenvalue weighted by molar-refractivity contribution is -0.138. The summed E-state index contributed by atoms with van der Waals surface area (Å²) in [5.41, 5.74) is 4.05. The zero-order valence-electron chi connectivity index (χ0n) is 13.3. The minimum absolute atomic E-state index is 0.461. The highest BCUT2D eigenvalue weighted by Crippen LogP contribution is 2.34. The summed E-state index contributed by atoms with van der Waals surface area (Å²) in [5.74, 6) is -0.134. The highest BCUT2D eigenvalue weighted by molar-refractivity contribution is 5.77. The largest absolute Gasteiger partial charge is 0.486 e. The van der Waals surface area contributed by atoms with Gasteiger partial charge in [-0.15, -0.1) is 0 Å². The number of fused-ring (bicyclic) bond motifs is 1. The molecule has 0 aliphatic carbocycles. The SMILES string of the molecule is Cc1ccc(C)c(CC(C(=O)O)c2ccc3c(c2)OCCO3)c1. The highest BCUT2D eigenvalue weighted by atomic mass is 16.6. The van der Waals surface area contributed by atoms with Crippen molar-refractivity contribution in [3.8, 4) is 11.5 Å². The van der Waals surface area contributed by atoms with E-state index in [1.165, 1.54) is 0 Å². The Balaban J connectivity index is 1.93. The summed E-state index contributed by atoms with van der Waals surface area (Å²) in [6, 6.07) is 11.5. The van der Waals surface area contributed by atoms with Crippen molar-refractivity contribution in [2.75, 3.05) is 13.2 Å². The topological polar surface area (TPSA) is 55.8 Å². The average Bonchev–Trinajstić information content (AvgIpc) is 2.55. The molecule has 0 saturated heterocycles. The maximum absolute atomic E-state index is 11.8. The van der Waals surface area contributed by atoms with Crippen LogP contribution < -0.4 is 9.47 Å². The molecule has 0 radical (unpaired) electrons. The smallest absolute Gasteiger partial charge is 0.311 e. The molecule has 3 rings (SSSR count). The maximum atomic E-state index is 11.8. The van der Waals surface area contributed by atoms with Crippen molar-refractivity contribution in [3.05, 3.63) is 58.7 Å². The van der Waals surface area contributed by atoms with Crippen LogP contribution in [0.1, 0.15) is 28.2 Å². The van der Waals surface area contributed by atoms with Crippen LogP contribution in [0.15, 0.2) is 36.4 Å². The van der Waals surface area contributed by atoms with Crippen LogP contribution in [0.5, 0.6) is 11.5 Å². The Kier molecular flexibility index (Phi) is 4.24. The minimum atomic E-state index is -0.831. The molecule has 2 aromatic carbocycles. The lowest BCUT2D eigenvalue weighted by Crippen LogP contribution is -2.18. The molecule has 4 nitrogen and oxygen atoms in total. The molecular weight excluding hydrogens is 292 g/mol. The molecular formula is C19H20O4. The molecule has 0 aromatic heterocycles. The van der Waals surface area contributed by atoms with Gasteiger partial charge in [-0.2, -0.15) is 0 Å². The van der Waals surface area contributed by atoms with E-state index >= 15 is 0 Å². The summed E-state index contributed by atoms with van der Waals surface area (Å²) in [6.45, 7) is 5.04. The average molecular weight is 312 g/mol. The maximum Gasteiger partial charge on any atom is 0.311 e. The molecule has 1 unspecified atom stereocenters. The molecule has 1 atom stereocenters. The zero-order valence-corrected chi connectivity index (χ0v) is 13.3. The van der Waals surface area contributed by atoms with Crippen molar-refractivity contribution in [2.45, 2.75) is 26.2 Å². The van der Waals surface area contributed by atoms with Crippen molar-refractivity contribution in [3.63, 3.8) is 0 Å². The Labute approximate surface area is 135 Å². The Morgan fingerprint density at radius 3 is 2.57 bits per heavy atom. The predicted molar refractivity (Wildman–Crippen MR) is 87.4 cm³/mol. The van der Waals surface area contributed by atoms with Gasteiger partial charge in [-0.05, 0) is 49.1 Å². The van der Waals surface area contributed by atoms with Crippen LogP contribution in [0.25, 0.3) is 0 Å². The second kappa shape index (κ2) is 6.32. The van der Waals surface area contributed by atoms with Gasteiger partial charge in [0.25, 0.3) is 0 Å². The van der Waals surface area contributed by atoms with Crippen molar-refractivity contribution in [1.29, 1.82) is 0 Å². The summed E-state index contributed by atoms with van der Waals surface area (Å²) in [5, 5.41) is 9.68. The molecule has 1 N–H and O–H groups in total. The van der Waals surface area contributed by atoms with Gasteiger partial charge in [0.2, 0.25) is 0 Å². The van der Waals surface area contributed by atoms with Gasteiger partial charge in [0.1, 0.15) is 13.2 Å². The van der Waals surface area contributed by atoms with Crippen LogP contribution in [0.4, 0.5) is 0 Å².